The van der Waals surface area contributed by atoms with E-state index in [2.05, 4.69) is 19.2 Å². The summed E-state index contributed by atoms with van der Waals surface area (Å²) in [5.41, 5.74) is 5.42. The molecule has 3 nitrogen and oxygen atoms in total. The fraction of sp³-hybridized carbons (Fsp3) is 0.929. The van der Waals surface area contributed by atoms with Crippen LogP contribution in [0.2, 0.25) is 0 Å². The highest BCUT2D eigenvalue weighted by Crippen LogP contribution is 2.36. The maximum absolute atomic E-state index is 11.6. The summed E-state index contributed by atoms with van der Waals surface area (Å²) in [4.78, 5) is 11.6. The van der Waals surface area contributed by atoms with Gasteiger partial charge in [0.1, 0.15) is 0 Å². The van der Waals surface area contributed by atoms with Crippen LogP contribution in [0.5, 0.6) is 0 Å². The standard InChI is InChI=1S/C14H28N2O/c1-10(2)14(5,12(15)17)16-11-6-8-13(3,4)9-7-11/h10-11,16H,6-9H2,1-5H3,(H2,15,17). The molecule has 0 aromatic rings. The lowest BCUT2D eigenvalue weighted by Gasteiger charge is -2.40. The Bertz CT molecular complexity index is 276. The number of carbonyl (C=O) groups excluding carboxylic acids is 1. The molecular weight excluding hydrogens is 212 g/mol. The minimum atomic E-state index is -0.577. The maximum atomic E-state index is 11.6. The monoisotopic (exact) mass is 240 g/mol. The fourth-order valence-electron chi connectivity index (χ4n) is 2.49. The van der Waals surface area contributed by atoms with Crippen LogP contribution in [0, 0.1) is 11.3 Å². The van der Waals surface area contributed by atoms with Gasteiger partial charge in [-0.1, -0.05) is 27.7 Å². The second-order valence-electron chi connectivity index (χ2n) is 6.80. The number of rotatable bonds is 4. The molecule has 1 aliphatic carbocycles. The Morgan fingerprint density at radius 2 is 1.82 bits per heavy atom. The van der Waals surface area contributed by atoms with Crippen LogP contribution < -0.4 is 11.1 Å². The van der Waals surface area contributed by atoms with E-state index in [1.54, 1.807) is 0 Å². The smallest absolute Gasteiger partial charge is 0.237 e. The van der Waals surface area contributed by atoms with E-state index in [0.717, 1.165) is 12.8 Å². The van der Waals surface area contributed by atoms with Gasteiger partial charge in [0.15, 0.2) is 0 Å². The Morgan fingerprint density at radius 1 is 1.35 bits per heavy atom. The number of hydrogen-bond acceptors (Lipinski definition) is 2. The molecule has 1 unspecified atom stereocenters. The zero-order chi connectivity index (χ0) is 13.3. The first-order valence-corrected chi connectivity index (χ1v) is 6.75. The minimum absolute atomic E-state index is 0.218. The highest BCUT2D eigenvalue weighted by atomic mass is 16.1. The lowest BCUT2D eigenvalue weighted by atomic mass is 9.74. The number of carbonyl (C=O) groups is 1. The van der Waals surface area contributed by atoms with Gasteiger partial charge in [-0.15, -0.1) is 0 Å². The van der Waals surface area contributed by atoms with Gasteiger partial charge in [-0.2, -0.15) is 0 Å². The normalized spacial score (nSPS) is 24.6. The second-order valence-corrected chi connectivity index (χ2v) is 6.80. The first kappa shape index (κ1) is 14.5. The number of nitrogens with two attached hydrogens (primary N) is 1. The van der Waals surface area contributed by atoms with Crippen LogP contribution in [-0.2, 0) is 4.79 Å². The summed E-state index contributed by atoms with van der Waals surface area (Å²) in [5.74, 6) is -0.0210. The fourth-order valence-corrected chi connectivity index (χ4v) is 2.49. The molecule has 0 radical (unpaired) electrons. The molecule has 17 heavy (non-hydrogen) atoms. The Balaban J connectivity index is 2.62. The van der Waals surface area contributed by atoms with Gasteiger partial charge in [0.25, 0.3) is 0 Å². The van der Waals surface area contributed by atoms with Crippen molar-refractivity contribution in [2.24, 2.45) is 17.1 Å². The quantitative estimate of drug-likeness (QED) is 0.793. The van der Waals surface area contributed by atoms with E-state index in [1.807, 2.05) is 20.8 Å². The molecule has 0 spiro atoms. The first-order valence-electron chi connectivity index (χ1n) is 6.75. The predicted molar refractivity (Wildman–Crippen MR) is 71.6 cm³/mol. The number of nitrogens with one attached hydrogen (secondary N) is 1. The summed E-state index contributed by atoms with van der Waals surface area (Å²) >= 11 is 0. The third-order valence-electron chi connectivity index (χ3n) is 4.51. The molecule has 0 aromatic heterocycles. The van der Waals surface area contributed by atoms with E-state index in [4.69, 9.17) is 5.73 Å². The largest absolute Gasteiger partial charge is 0.368 e. The molecule has 0 bridgehead atoms. The van der Waals surface area contributed by atoms with E-state index in [1.165, 1.54) is 12.8 Å². The van der Waals surface area contributed by atoms with E-state index in [-0.39, 0.29) is 11.8 Å². The minimum Gasteiger partial charge on any atom is -0.368 e. The Hall–Kier alpha value is -0.570. The summed E-state index contributed by atoms with van der Waals surface area (Å²) < 4.78 is 0. The lowest BCUT2D eigenvalue weighted by Crippen LogP contribution is -2.60. The van der Waals surface area contributed by atoms with Crippen molar-refractivity contribution in [3.8, 4) is 0 Å². The average molecular weight is 240 g/mol. The molecule has 100 valence electrons. The molecule has 0 heterocycles. The molecular formula is C14H28N2O. The summed E-state index contributed by atoms with van der Waals surface area (Å²) in [6, 6.07) is 0.433. The van der Waals surface area contributed by atoms with Gasteiger partial charge in [0.2, 0.25) is 5.91 Å². The lowest BCUT2D eigenvalue weighted by molar-refractivity contribution is -0.126. The van der Waals surface area contributed by atoms with Gasteiger partial charge in [0, 0.05) is 6.04 Å². The molecule has 0 aliphatic heterocycles. The van der Waals surface area contributed by atoms with E-state index in [9.17, 15) is 4.79 Å². The van der Waals surface area contributed by atoms with Gasteiger partial charge in [-0.05, 0) is 43.9 Å². The molecule has 3 heteroatoms. The highest BCUT2D eigenvalue weighted by Gasteiger charge is 2.38. The van der Waals surface area contributed by atoms with Gasteiger partial charge < -0.3 is 11.1 Å². The van der Waals surface area contributed by atoms with Crippen LogP contribution in [0.25, 0.3) is 0 Å². The van der Waals surface area contributed by atoms with Crippen molar-refractivity contribution in [1.29, 1.82) is 0 Å². The third kappa shape index (κ3) is 3.44. The number of amides is 1. The van der Waals surface area contributed by atoms with Crippen molar-refractivity contribution < 1.29 is 4.79 Å². The van der Waals surface area contributed by atoms with Crippen LogP contribution in [0.1, 0.15) is 60.3 Å². The van der Waals surface area contributed by atoms with Crippen LogP contribution in [0.4, 0.5) is 0 Å². The van der Waals surface area contributed by atoms with Crippen molar-refractivity contribution in [2.75, 3.05) is 0 Å². The Kier molecular flexibility index (Phi) is 4.23. The van der Waals surface area contributed by atoms with Crippen LogP contribution >= 0.6 is 0 Å². The zero-order valence-electron chi connectivity index (χ0n) is 12.0. The second kappa shape index (κ2) is 4.97. The van der Waals surface area contributed by atoms with E-state index in [0.29, 0.717) is 11.5 Å². The number of primary amides is 1. The third-order valence-corrected chi connectivity index (χ3v) is 4.51. The summed E-state index contributed by atoms with van der Waals surface area (Å²) in [6.45, 7) is 10.7. The summed E-state index contributed by atoms with van der Waals surface area (Å²) in [5, 5.41) is 3.49. The Morgan fingerprint density at radius 3 is 2.18 bits per heavy atom. The predicted octanol–water partition coefficient (Wildman–Crippen LogP) is 2.44. The van der Waals surface area contributed by atoms with Crippen LogP contribution in [-0.4, -0.2) is 17.5 Å². The van der Waals surface area contributed by atoms with E-state index < -0.39 is 5.54 Å². The molecule has 1 saturated carbocycles. The van der Waals surface area contributed by atoms with Crippen molar-refractivity contribution in [3.63, 3.8) is 0 Å². The number of hydrogen-bond donors (Lipinski definition) is 2. The van der Waals surface area contributed by atoms with Crippen LogP contribution in [0.15, 0.2) is 0 Å². The van der Waals surface area contributed by atoms with Gasteiger partial charge in [-0.3, -0.25) is 4.79 Å². The molecule has 1 atom stereocenters. The van der Waals surface area contributed by atoms with Crippen molar-refractivity contribution in [2.45, 2.75) is 71.9 Å². The molecule has 0 saturated heterocycles. The van der Waals surface area contributed by atoms with Crippen LogP contribution in [0.3, 0.4) is 0 Å². The zero-order valence-corrected chi connectivity index (χ0v) is 12.0. The Labute approximate surface area is 106 Å². The maximum Gasteiger partial charge on any atom is 0.237 e. The van der Waals surface area contributed by atoms with Gasteiger partial charge >= 0.3 is 0 Å². The molecule has 0 aromatic carbocycles. The van der Waals surface area contributed by atoms with Crippen molar-refractivity contribution >= 4 is 5.91 Å². The average Bonchev–Trinajstić information content (AvgIpc) is 2.20. The van der Waals surface area contributed by atoms with E-state index >= 15 is 0 Å². The highest BCUT2D eigenvalue weighted by molar-refractivity contribution is 5.84. The van der Waals surface area contributed by atoms with Gasteiger partial charge in [-0.25, -0.2) is 0 Å². The molecule has 1 fully saturated rings. The van der Waals surface area contributed by atoms with Crippen molar-refractivity contribution in [3.05, 3.63) is 0 Å². The summed E-state index contributed by atoms with van der Waals surface area (Å²) in [6.07, 6.45) is 4.72. The SMILES string of the molecule is CC(C)C(C)(NC1CCC(C)(C)CC1)C(N)=O. The molecule has 3 N–H and O–H groups in total. The van der Waals surface area contributed by atoms with Crippen molar-refractivity contribution in [1.82, 2.24) is 5.32 Å². The molecule has 1 aliphatic rings. The molecule has 1 rings (SSSR count). The van der Waals surface area contributed by atoms with Gasteiger partial charge in [0.05, 0.1) is 5.54 Å². The molecule has 1 amide bonds. The summed E-state index contributed by atoms with van der Waals surface area (Å²) in [7, 11) is 0. The topological polar surface area (TPSA) is 55.1 Å². The first-order chi connectivity index (χ1) is 7.67.